The molecule has 1 aromatic carbocycles. The Morgan fingerprint density at radius 3 is 2.91 bits per heavy atom. The largest absolute Gasteiger partial charge is 0.494 e. The third kappa shape index (κ3) is 3.53. The van der Waals surface area contributed by atoms with Gasteiger partial charge in [0.25, 0.3) is 0 Å². The molecule has 0 bridgehead atoms. The third-order valence-corrected chi connectivity index (χ3v) is 3.14. The van der Waals surface area contributed by atoms with E-state index in [4.69, 9.17) is 10.5 Å². The number of carbonyl (C=O) groups is 1. The van der Waals surface area contributed by atoms with Crippen molar-refractivity contribution in [2.45, 2.75) is 25.9 Å². The van der Waals surface area contributed by atoms with E-state index in [1.54, 1.807) is 25.1 Å². The van der Waals surface area contributed by atoms with Gasteiger partial charge in [0.05, 0.1) is 19.6 Å². The first-order valence-electron chi connectivity index (χ1n) is 6.88. The zero-order chi connectivity index (χ0) is 16.1. The molecule has 0 unspecified atom stereocenters. The molecule has 0 radical (unpaired) electrons. The van der Waals surface area contributed by atoms with E-state index in [1.165, 1.54) is 7.11 Å². The molecule has 0 spiro atoms. The van der Waals surface area contributed by atoms with Gasteiger partial charge in [-0.3, -0.25) is 15.6 Å². The van der Waals surface area contributed by atoms with Gasteiger partial charge in [-0.15, -0.1) is 0 Å². The van der Waals surface area contributed by atoms with E-state index in [0.29, 0.717) is 28.9 Å². The van der Waals surface area contributed by atoms with Crippen molar-refractivity contribution in [3.8, 4) is 5.75 Å². The summed E-state index contributed by atoms with van der Waals surface area (Å²) >= 11 is 0. The molecule has 8 nitrogen and oxygen atoms in total. The number of fused-ring (bicyclic) bond motifs is 1. The number of aromatic nitrogens is 2. The van der Waals surface area contributed by atoms with Crippen LogP contribution in [0, 0.1) is 0 Å². The van der Waals surface area contributed by atoms with E-state index in [9.17, 15) is 9.90 Å². The summed E-state index contributed by atoms with van der Waals surface area (Å²) in [5, 5.41) is 10.1. The Balaban J connectivity index is 2.22. The van der Waals surface area contributed by atoms with Crippen molar-refractivity contribution in [1.29, 1.82) is 0 Å². The lowest BCUT2D eigenvalue weighted by Gasteiger charge is -2.13. The highest BCUT2D eigenvalue weighted by Gasteiger charge is 2.12. The normalized spacial score (nSPS) is 12.0. The van der Waals surface area contributed by atoms with E-state index in [2.05, 4.69) is 20.8 Å². The van der Waals surface area contributed by atoms with Gasteiger partial charge < -0.3 is 15.6 Å². The minimum absolute atomic E-state index is 0.00528. The van der Waals surface area contributed by atoms with Crippen molar-refractivity contribution in [2.75, 3.05) is 18.3 Å². The Labute approximate surface area is 127 Å². The first-order chi connectivity index (χ1) is 10.5. The van der Waals surface area contributed by atoms with Gasteiger partial charge in [0.15, 0.2) is 5.82 Å². The zero-order valence-electron chi connectivity index (χ0n) is 12.5. The number of nitrogens with one attached hydrogen (secondary N) is 2. The number of hydrogen-bond donors (Lipinski definition) is 4. The quantitative estimate of drug-likeness (QED) is 0.583. The maximum Gasteiger partial charge on any atom is 0.240 e. The van der Waals surface area contributed by atoms with Crippen molar-refractivity contribution in [3.05, 3.63) is 18.2 Å². The van der Waals surface area contributed by atoms with Crippen LogP contribution in [-0.4, -0.2) is 34.2 Å². The number of ether oxygens (including phenoxy) is 1. The van der Waals surface area contributed by atoms with E-state index < -0.39 is 6.10 Å². The maximum atomic E-state index is 11.7. The number of nitrogen functional groups attached to an aromatic ring is 1. The van der Waals surface area contributed by atoms with Gasteiger partial charge >= 0.3 is 0 Å². The number of rotatable bonds is 6. The number of anilines is 2. The second-order valence-corrected chi connectivity index (χ2v) is 4.73. The van der Waals surface area contributed by atoms with Crippen LogP contribution in [0.3, 0.4) is 0 Å². The number of methoxy groups -OCH3 is 1. The van der Waals surface area contributed by atoms with Crippen LogP contribution >= 0.6 is 0 Å². The molecule has 0 aliphatic heterocycles. The van der Waals surface area contributed by atoms with Crippen LogP contribution in [0.4, 0.5) is 11.8 Å². The minimum Gasteiger partial charge on any atom is -0.494 e. The van der Waals surface area contributed by atoms with Crippen LogP contribution in [0.1, 0.15) is 19.8 Å². The summed E-state index contributed by atoms with van der Waals surface area (Å²) in [6.07, 6.45) is -0.159. The fourth-order valence-electron chi connectivity index (χ4n) is 1.94. The molecule has 0 saturated carbocycles. The summed E-state index contributed by atoms with van der Waals surface area (Å²) in [7, 11) is 1.54. The number of aliphatic hydroxyl groups excluding tert-OH is 1. The average molecular weight is 305 g/mol. The molecule has 2 rings (SSSR count). The number of aliphatic hydroxyl groups is 1. The summed E-state index contributed by atoms with van der Waals surface area (Å²) in [5.41, 5.74) is 11.4. The summed E-state index contributed by atoms with van der Waals surface area (Å²) in [6, 6.07) is 5.33. The minimum atomic E-state index is -0.672. The lowest BCUT2D eigenvalue weighted by atomic mass is 10.2. The summed E-state index contributed by atoms with van der Waals surface area (Å²) in [4.78, 5) is 19.9. The molecule has 118 valence electrons. The molecule has 1 atom stereocenters. The molecule has 22 heavy (non-hydrogen) atoms. The predicted octanol–water partition coefficient (Wildman–Crippen LogP) is 0.825. The molecule has 1 aromatic heterocycles. The van der Waals surface area contributed by atoms with Crippen LogP contribution < -0.4 is 21.3 Å². The van der Waals surface area contributed by atoms with Crippen molar-refractivity contribution in [2.24, 2.45) is 0 Å². The monoisotopic (exact) mass is 305 g/mol. The highest BCUT2D eigenvalue weighted by atomic mass is 16.5. The Morgan fingerprint density at radius 1 is 1.45 bits per heavy atom. The molecule has 5 N–H and O–H groups in total. The Bertz CT molecular complexity index is 677. The zero-order valence-corrected chi connectivity index (χ0v) is 12.5. The smallest absolute Gasteiger partial charge is 0.240 e. The highest BCUT2D eigenvalue weighted by molar-refractivity contribution is 5.94. The van der Waals surface area contributed by atoms with Crippen molar-refractivity contribution in [1.82, 2.24) is 15.4 Å². The first-order valence-corrected chi connectivity index (χ1v) is 6.88. The molecular formula is C14H19N5O3. The Morgan fingerprint density at radius 2 is 2.23 bits per heavy atom. The predicted molar refractivity (Wildman–Crippen MR) is 83.2 cm³/mol. The van der Waals surface area contributed by atoms with E-state index in [0.717, 1.165) is 0 Å². The number of benzene rings is 1. The van der Waals surface area contributed by atoms with Gasteiger partial charge in [-0.1, -0.05) is 13.0 Å². The summed E-state index contributed by atoms with van der Waals surface area (Å²) in [5.74, 6) is 0.632. The maximum absolute atomic E-state index is 11.7. The number of nitrogens with two attached hydrogens (primary N) is 1. The number of para-hydroxylation sites is 1. The molecule has 0 aliphatic carbocycles. The van der Waals surface area contributed by atoms with Crippen molar-refractivity contribution >= 4 is 28.6 Å². The molecule has 0 aliphatic rings. The summed E-state index contributed by atoms with van der Waals surface area (Å²) in [6.45, 7) is 1.80. The van der Waals surface area contributed by atoms with Crippen LogP contribution in [-0.2, 0) is 4.79 Å². The van der Waals surface area contributed by atoms with Gasteiger partial charge in [0, 0.05) is 5.39 Å². The molecule has 1 amide bonds. The van der Waals surface area contributed by atoms with E-state index in [1.807, 2.05) is 0 Å². The van der Waals surface area contributed by atoms with E-state index in [-0.39, 0.29) is 18.3 Å². The third-order valence-electron chi connectivity index (χ3n) is 3.14. The fourth-order valence-corrected chi connectivity index (χ4v) is 1.94. The topological polar surface area (TPSA) is 122 Å². The van der Waals surface area contributed by atoms with Gasteiger partial charge in [-0.25, -0.2) is 4.98 Å². The number of carbonyl (C=O) groups excluding carboxylic acids is 1. The standard InChI is InChI=1S/C14H19N5O3/c1-3-8(20)7-11(21)18-19-13-9-5-4-6-10(22-2)12(9)16-14(15)17-13/h4-6,8,20H,3,7H2,1-2H3,(H,18,21)(H3,15,16,17,19)/t8-/m1/s1. The lowest BCUT2D eigenvalue weighted by molar-refractivity contribution is -0.122. The van der Waals surface area contributed by atoms with Crippen LogP contribution in [0.5, 0.6) is 5.75 Å². The number of nitrogens with zero attached hydrogens (tertiary/aromatic N) is 2. The van der Waals surface area contributed by atoms with Gasteiger partial charge in [-0.2, -0.15) is 4.98 Å². The highest BCUT2D eigenvalue weighted by Crippen LogP contribution is 2.28. The van der Waals surface area contributed by atoms with Gasteiger partial charge in [0.2, 0.25) is 11.9 Å². The Hall–Kier alpha value is -2.61. The van der Waals surface area contributed by atoms with Crippen molar-refractivity contribution in [3.63, 3.8) is 0 Å². The molecule has 2 aromatic rings. The Kier molecular flexibility index (Phi) is 4.95. The molecular weight excluding hydrogens is 286 g/mol. The second-order valence-electron chi connectivity index (χ2n) is 4.73. The van der Waals surface area contributed by atoms with Gasteiger partial charge in [-0.05, 0) is 18.6 Å². The summed E-state index contributed by atoms with van der Waals surface area (Å²) < 4.78 is 5.24. The second kappa shape index (κ2) is 6.90. The number of hydrazine groups is 1. The molecule has 8 heteroatoms. The van der Waals surface area contributed by atoms with Crippen LogP contribution in [0.25, 0.3) is 10.9 Å². The molecule has 0 saturated heterocycles. The fraction of sp³-hybridized carbons (Fsp3) is 0.357. The average Bonchev–Trinajstić information content (AvgIpc) is 2.51. The number of hydrogen-bond acceptors (Lipinski definition) is 7. The van der Waals surface area contributed by atoms with Gasteiger partial charge in [0.1, 0.15) is 11.3 Å². The number of amides is 1. The van der Waals surface area contributed by atoms with Crippen molar-refractivity contribution < 1.29 is 14.6 Å². The van der Waals surface area contributed by atoms with Crippen LogP contribution in [0.2, 0.25) is 0 Å². The molecule has 1 heterocycles. The SMILES string of the molecule is CC[C@@H](O)CC(=O)NNc1nc(N)nc2c(OC)cccc12. The first kappa shape index (κ1) is 15.8. The molecule has 0 fully saturated rings. The van der Waals surface area contributed by atoms with E-state index >= 15 is 0 Å². The lowest BCUT2D eigenvalue weighted by Crippen LogP contribution is -2.32. The van der Waals surface area contributed by atoms with Crippen LogP contribution in [0.15, 0.2) is 18.2 Å².